The van der Waals surface area contributed by atoms with Gasteiger partial charge in [-0.25, -0.2) is 0 Å². The molecule has 0 rings (SSSR count). The topological polar surface area (TPSA) is 69.7 Å². The Balaban J connectivity index is 0. The Labute approximate surface area is 132 Å². The molecule has 0 bridgehead atoms. The second kappa shape index (κ2) is 11.5. The lowest BCUT2D eigenvalue weighted by Crippen LogP contribution is -2.32. The Morgan fingerprint density at radius 2 is 1.57 bits per heavy atom. The Kier molecular flexibility index (Phi) is 12.1. The zero-order chi connectivity index (χ0) is 18.7. The first-order valence-corrected chi connectivity index (χ1v) is 7.08. The molecule has 0 aliphatic rings. The predicted octanol–water partition coefficient (Wildman–Crippen LogP) is 3.64. The molecule has 23 heavy (non-hydrogen) atoms. The molecule has 0 aliphatic heterocycles. The first kappa shape index (κ1) is 24.2. The molecule has 0 N–H and O–H groups in total. The maximum absolute atomic E-state index is 12.5. The third-order valence-electron chi connectivity index (χ3n) is 2.51. The van der Waals surface area contributed by atoms with Gasteiger partial charge in [-0.2, -0.15) is 26.3 Å². The molecule has 0 radical (unpaired) electrons. The van der Waals surface area contributed by atoms with E-state index in [9.17, 15) is 31.1 Å². The van der Waals surface area contributed by atoms with Gasteiger partial charge in [0.1, 0.15) is 5.25 Å². The molecule has 0 aromatic carbocycles. The minimum Gasteiger partial charge on any atom is -0.468 e. The van der Waals surface area contributed by atoms with E-state index in [1.165, 1.54) is 0 Å². The van der Waals surface area contributed by atoms with Gasteiger partial charge < -0.3 is 9.47 Å². The van der Waals surface area contributed by atoms with Gasteiger partial charge in [-0.3, -0.25) is 4.79 Å². The highest BCUT2D eigenvalue weighted by atomic mass is 32.2. The van der Waals surface area contributed by atoms with Crippen molar-refractivity contribution in [2.24, 2.45) is 0 Å². The maximum Gasteiger partial charge on any atom is 0.414 e. The van der Waals surface area contributed by atoms with Crippen molar-refractivity contribution >= 4 is 17.7 Å². The number of rotatable bonds is 8. The SMILES string of the molecule is COC(=O)C(CCC(OC)C(F)(F)F)SCCC(F)(F)F.O=O. The molecule has 2 atom stereocenters. The normalized spacial score (nSPS) is 14.4. The monoisotopic (exact) mass is 374 g/mol. The van der Waals surface area contributed by atoms with E-state index in [0.29, 0.717) is 11.8 Å². The number of methoxy groups -OCH3 is 2. The summed E-state index contributed by atoms with van der Waals surface area (Å²) in [5, 5.41) is -1.09. The number of hydrogen-bond donors (Lipinski definition) is 0. The van der Waals surface area contributed by atoms with Crippen LogP contribution in [0, 0.1) is 9.93 Å². The second-order valence-corrected chi connectivity index (χ2v) is 5.40. The third kappa shape index (κ3) is 12.1. The standard InChI is InChI=1S/C11H16F6O3S.O2/c1-19-8(11(15,16)17)4-3-7(9(18)20-2)21-6-5-10(12,13)14;1-2/h7-8H,3-6H2,1-2H3;. The molecule has 0 fully saturated rings. The fourth-order valence-corrected chi connectivity index (χ4v) is 2.60. The summed E-state index contributed by atoms with van der Waals surface area (Å²) in [5.74, 6) is -1.27. The van der Waals surface area contributed by atoms with Gasteiger partial charge in [0, 0.05) is 22.8 Å². The van der Waals surface area contributed by atoms with Crippen molar-refractivity contribution in [2.75, 3.05) is 20.0 Å². The van der Waals surface area contributed by atoms with Gasteiger partial charge in [0.15, 0.2) is 6.10 Å². The zero-order valence-electron chi connectivity index (χ0n) is 12.2. The van der Waals surface area contributed by atoms with E-state index in [0.717, 1.165) is 14.2 Å². The number of halogens is 6. The van der Waals surface area contributed by atoms with Gasteiger partial charge in [0.25, 0.3) is 0 Å². The largest absolute Gasteiger partial charge is 0.468 e. The number of carbonyl (C=O) groups excluding carboxylic acids is 1. The van der Waals surface area contributed by atoms with Crippen LogP contribution in [-0.4, -0.2) is 49.6 Å². The van der Waals surface area contributed by atoms with Crippen LogP contribution in [-0.2, 0) is 14.3 Å². The van der Waals surface area contributed by atoms with Crippen LogP contribution in [0.4, 0.5) is 26.3 Å². The van der Waals surface area contributed by atoms with Crippen LogP contribution in [0.5, 0.6) is 0 Å². The van der Waals surface area contributed by atoms with Gasteiger partial charge in [0.05, 0.1) is 13.5 Å². The number of alkyl halides is 6. The number of ether oxygens (including phenoxy) is 2. The van der Waals surface area contributed by atoms with Crippen molar-refractivity contribution in [3.8, 4) is 0 Å². The molecule has 0 amide bonds. The smallest absolute Gasteiger partial charge is 0.414 e. The molecule has 2 unspecified atom stereocenters. The van der Waals surface area contributed by atoms with Crippen LogP contribution >= 0.6 is 11.8 Å². The van der Waals surface area contributed by atoms with Gasteiger partial charge in [-0.15, -0.1) is 11.8 Å². The fraction of sp³-hybridized carbons (Fsp3) is 0.909. The van der Waals surface area contributed by atoms with Gasteiger partial charge in [0.2, 0.25) is 0 Å². The summed E-state index contributed by atoms with van der Waals surface area (Å²) in [5.41, 5.74) is 0. The second-order valence-electron chi connectivity index (χ2n) is 4.09. The predicted molar refractivity (Wildman–Crippen MR) is 71.8 cm³/mol. The Hall–Kier alpha value is -1.04. The van der Waals surface area contributed by atoms with E-state index in [-0.39, 0.29) is 6.42 Å². The summed E-state index contributed by atoms with van der Waals surface area (Å²) >= 11 is 0.627. The van der Waals surface area contributed by atoms with E-state index < -0.39 is 48.3 Å². The van der Waals surface area contributed by atoms with Crippen LogP contribution < -0.4 is 0 Å². The van der Waals surface area contributed by atoms with E-state index in [4.69, 9.17) is 9.93 Å². The Morgan fingerprint density at radius 1 is 1.04 bits per heavy atom. The number of esters is 1. The van der Waals surface area contributed by atoms with Crippen LogP contribution in [0.2, 0.25) is 0 Å². The quantitative estimate of drug-likeness (QED) is 0.477. The molecule has 12 heteroatoms. The summed E-state index contributed by atoms with van der Waals surface area (Å²) in [4.78, 5) is 25.4. The average molecular weight is 374 g/mol. The lowest BCUT2D eigenvalue weighted by Gasteiger charge is -2.21. The molecule has 0 heterocycles. The highest BCUT2D eigenvalue weighted by Crippen LogP contribution is 2.30. The van der Waals surface area contributed by atoms with Crippen molar-refractivity contribution < 1.29 is 40.6 Å². The fourth-order valence-electron chi connectivity index (χ4n) is 1.44. The summed E-state index contributed by atoms with van der Waals surface area (Å²) in [6.45, 7) is 0. The molecule has 138 valence electrons. The van der Waals surface area contributed by atoms with Crippen LogP contribution in [0.15, 0.2) is 0 Å². The molecule has 0 aliphatic carbocycles. The van der Waals surface area contributed by atoms with Crippen LogP contribution in [0.1, 0.15) is 19.3 Å². The number of hydrogen-bond acceptors (Lipinski definition) is 6. The number of thioether (sulfide) groups is 1. The lowest BCUT2D eigenvalue weighted by molar-refractivity contribution is -0.214. The molecule has 0 saturated heterocycles. The summed E-state index contributed by atoms with van der Waals surface area (Å²) in [6, 6.07) is 0. The van der Waals surface area contributed by atoms with Crippen LogP contribution in [0.25, 0.3) is 0 Å². The average Bonchev–Trinajstić information content (AvgIpc) is 2.44. The summed E-state index contributed by atoms with van der Waals surface area (Å²) < 4.78 is 82.1. The first-order valence-electron chi connectivity index (χ1n) is 6.03. The highest BCUT2D eigenvalue weighted by Gasteiger charge is 2.40. The number of carbonyl (C=O) groups is 1. The van der Waals surface area contributed by atoms with E-state index in [1.54, 1.807) is 0 Å². The Bertz CT molecular complexity index is 336. The zero-order valence-corrected chi connectivity index (χ0v) is 13.0. The van der Waals surface area contributed by atoms with E-state index in [2.05, 4.69) is 9.47 Å². The van der Waals surface area contributed by atoms with E-state index in [1.807, 2.05) is 0 Å². The lowest BCUT2D eigenvalue weighted by atomic mass is 10.1. The van der Waals surface area contributed by atoms with Crippen molar-refractivity contribution in [2.45, 2.75) is 43.0 Å². The molecule has 0 aromatic rings. The minimum absolute atomic E-state index is 0.285. The third-order valence-corrected chi connectivity index (χ3v) is 3.78. The van der Waals surface area contributed by atoms with Gasteiger partial charge >= 0.3 is 18.3 Å². The maximum atomic E-state index is 12.5. The van der Waals surface area contributed by atoms with Crippen LogP contribution in [0.3, 0.4) is 0 Å². The summed E-state index contributed by atoms with van der Waals surface area (Å²) in [7, 11) is 1.90. The Morgan fingerprint density at radius 3 is 1.91 bits per heavy atom. The molecular formula is C11H16F6O5S. The van der Waals surface area contributed by atoms with Crippen molar-refractivity contribution in [3.05, 3.63) is 9.93 Å². The molecule has 0 spiro atoms. The molecule has 5 nitrogen and oxygen atoms in total. The van der Waals surface area contributed by atoms with E-state index >= 15 is 0 Å². The minimum atomic E-state index is -4.59. The summed E-state index contributed by atoms with van der Waals surface area (Å²) in [6.07, 6.45) is -13.0. The first-order chi connectivity index (χ1) is 10.5. The molecular weight excluding hydrogens is 358 g/mol. The van der Waals surface area contributed by atoms with Crippen molar-refractivity contribution in [1.82, 2.24) is 0 Å². The van der Waals surface area contributed by atoms with Crippen molar-refractivity contribution in [3.63, 3.8) is 0 Å². The van der Waals surface area contributed by atoms with Crippen molar-refractivity contribution in [1.29, 1.82) is 0 Å². The molecule has 0 saturated carbocycles. The highest BCUT2D eigenvalue weighted by molar-refractivity contribution is 8.00. The van der Waals surface area contributed by atoms with Gasteiger partial charge in [-0.05, 0) is 12.8 Å². The molecule has 0 aromatic heterocycles. The van der Waals surface area contributed by atoms with Gasteiger partial charge in [-0.1, -0.05) is 0 Å².